The summed E-state index contributed by atoms with van der Waals surface area (Å²) in [5.74, 6) is 2.33. The average molecular weight is 431 g/mol. The molecule has 6 nitrogen and oxygen atoms in total. The average Bonchev–Trinajstić information content (AvgIpc) is 3.31. The summed E-state index contributed by atoms with van der Waals surface area (Å²) in [6, 6.07) is 14.1. The zero-order valence-corrected chi connectivity index (χ0v) is 20.1. The van der Waals surface area contributed by atoms with E-state index in [9.17, 15) is 0 Å². The normalized spacial score (nSPS) is 12.6. The lowest BCUT2D eigenvalue weighted by Crippen LogP contribution is -2.23. The molecule has 32 heavy (non-hydrogen) atoms. The molecule has 3 rings (SSSR count). The summed E-state index contributed by atoms with van der Waals surface area (Å²) in [5.41, 5.74) is 6.06. The number of aromatic nitrogens is 4. The SMILES string of the molecule is CC/C(C)=C(/CC)C(=Nc1ccc(N(CC)CC)nc1C)c1nc(-c2ccccc2)n[nH]1. The van der Waals surface area contributed by atoms with E-state index in [4.69, 9.17) is 15.0 Å². The summed E-state index contributed by atoms with van der Waals surface area (Å²) in [6.45, 7) is 14.6. The lowest BCUT2D eigenvalue weighted by atomic mass is 9.99. The van der Waals surface area contributed by atoms with Gasteiger partial charge in [0.05, 0.1) is 11.4 Å². The molecule has 168 valence electrons. The molecule has 0 atom stereocenters. The second kappa shape index (κ2) is 10.8. The van der Waals surface area contributed by atoms with Gasteiger partial charge in [-0.3, -0.25) is 5.10 Å². The van der Waals surface area contributed by atoms with Crippen molar-refractivity contribution in [1.29, 1.82) is 0 Å². The maximum Gasteiger partial charge on any atom is 0.181 e. The Balaban J connectivity index is 2.11. The van der Waals surface area contributed by atoms with Crippen LogP contribution in [0.25, 0.3) is 11.4 Å². The van der Waals surface area contributed by atoms with Crippen molar-refractivity contribution < 1.29 is 0 Å². The zero-order chi connectivity index (χ0) is 23.1. The molecule has 0 unspecified atom stereocenters. The number of aromatic amines is 1. The summed E-state index contributed by atoms with van der Waals surface area (Å²) < 4.78 is 0. The van der Waals surface area contributed by atoms with Crippen LogP contribution in [0, 0.1) is 6.92 Å². The van der Waals surface area contributed by atoms with Crippen LogP contribution in [-0.4, -0.2) is 39.0 Å². The molecule has 0 radical (unpaired) electrons. The molecule has 0 aliphatic rings. The number of rotatable bonds is 9. The van der Waals surface area contributed by atoms with Gasteiger partial charge in [-0.05, 0) is 58.2 Å². The molecule has 2 aromatic heterocycles. The third kappa shape index (κ3) is 5.13. The van der Waals surface area contributed by atoms with Crippen LogP contribution >= 0.6 is 0 Å². The second-order valence-corrected chi connectivity index (χ2v) is 7.75. The molecule has 3 aromatic rings. The first kappa shape index (κ1) is 23.4. The van der Waals surface area contributed by atoms with Crippen molar-refractivity contribution in [2.45, 2.75) is 54.4 Å². The predicted octanol–water partition coefficient (Wildman–Crippen LogP) is 6.28. The van der Waals surface area contributed by atoms with Gasteiger partial charge in [0.25, 0.3) is 0 Å². The highest BCUT2D eigenvalue weighted by Crippen LogP contribution is 2.26. The van der Waals surface area contributed by atoms with E-state index in [1.54, 1.807) is 0 Å². The summed E-state index contributed by atoms with van der Waals surface area (Å²) in [5, 5.41) is 7.60. The largest absolute Gasteiger partial charge is 0.357 e. The van der Waals surface area contributed by atoms with Crippen molar-refractivity contribution in [2.24, 2.45) is 4.99 Å². The van der Waals surface area contributed by atoms with Crippen molar-refractivity contribution >= 4 is 17.2 Å². The van der Waals surface area contributed by atoms with Crippen molar-refractivity contribution in [3.05, 3.63) is 65.1 Å². The highest BCUT2D eigenvalue weighted by Gasteiger charge is 2.18. The van der Waals surface area contributed by atoms with Crippen LogP contribution in [-0.2, 0) is 0 Å². The number of hydrogen-bond acceptors (Lipinski definition) is 5. The van der Waals surface area contributed by atoms with Crippen LogP contribution in [0.4, 0.5) is 11.5 Å². The molecule has 0 aliphatic heterocycles. The van der Waals surface area contributed by atoms with E-state index in [1.807, 2.05) is 43.3 Å². The topological polar surface area (TPSA) is 70.1 Å². The van der Waals surface area contributed by atoms with Gasteiger partial charge < -0.3 is 4.90 Å². The standard InChI is InChI=1S/C26H34N6/c1-7-18(5)21(8-2)24(26-29-25(30-31-26)20-14-12-11-13-15-20)28-22-16-17-23(27-19(22)6)32(9-3)10-4/h11-17H,7-10H2,1-6H3,(H,29,30,31)/b21-18-,28-24?. The molecule has 1 N–H and O–H groups in total. The van der Waals surface area contributed by atoms with Crippen LogP contribution < -0.4 is 4.90 Å². The number of aliphatic imine (C=N–C) groups is 1. The summed E-state index contributed by atoms with van der Waals surface area (Å²) >= 11 is 0. The molecule has 0 amide bonds. The second-order valence-electron chi connectivity index (χ2n) is 7.75. The van der Waals surface area contributed by atoms with Gasteiger partial charge >= 0.3 is 0 Å². The molecule has 0 spiro atoms. The lowest BCUT2D eigenvalue weighted by Gasteiger charge is -2.20. The predicted molar refractivity (Wildman–Crippen MR) is 134 cm³/mol. The van der Waals surface area contributed by atoms with Gasteiger partial charge in [0.15, 0.2) is 11.6 Å². The van der Waals surface area contributed by atoms with Crippen LogP contribution in [0.1, 0.15) is 59.0 Å². The third-order valence-corrected chi connectivity index (χ3v) is 5.79. The minimum atomic E-state index is 0.671. The van der Waals surface area contributed by atoms with Gasteiger partial charge in [-0.15, -0.1) is 0 Å². The molecule has 1 aromatic carbocycles. The molecule has 6 heteroatoms. The fourth-order valence-electron chi connectivity index (χ4n) is 3.73. The highest BCUT2D eigenvalue weighted by atomic mass is 15.2. The van der Waals surface area contributed by atoms with Gasteiger partial charge in [-0.2, -0.15) is 5.10 Å². The van der Waals surface area contributed by atoms with Gasteiger partial charge in [0, 0.05) is 18.7 Å². The molecule has 0 fully saturated rings. The Morgan fingerprint density at radius 1 is 0.938 bits per heavy atom. The summed E-state index contributed by atoms with van der Waals surface area (Å²) in [7, 11) is 0. The molecular formula is C26H34N6. The number of nitrogens with one attached hydrogen (secondary N) is 1. The van der Waals surface area contributed by atoms with Crippen molar-refractivity contribution in [1.82, 2.24) is 20.2 Å². The van der Waals surface area contributed by atoms with E-state index in [2.05, 4.69) is 55.8 Å². The van der Waals surface area contributed by atoms with Crippen LogP contribution in [0.2, 0.25) is 0 Å². The van der Waals surface area contributed by atoms with Gasteiger partial charge in [-0.1, -0.05) is 49.8 Å². The number of pyridine rings is 1. The quantitative estimate of drug-likeness (QED) is 0.406. The smallest absolute Gasteiger partial charge is 0.181 e. The molecular weight excluding hydrogens is 396 g/mol. The lowest BCUT2D eigenvalue weighted by molar-refractivity contribution is 0.842. The van der Waals surface area contributed by atoms with E-state index in [0.29, 0.717) is 11.6 Å². The number of nitrogens with zero attached hydrogens (tertiary/aromatic N) is 5. The summed E-state index contributed by atoms with van der Waals surface area (Å²) in [6.07, 6.45) is 1.82. The van der Waals surface area contributed by atoms with Crippen molar-refractivity contribution in [2.75, 3.05) is 18.0 Å². The third-order valence-electron chi connectivity index (χ3n) is 5.79. The first-order valence-electron chi connectivity index (χ1n) is 11.5. The Kier molecular flexibility index (Phi) is 7.92. The Labute approximate surface area is 191 Å². The van der Waals surface area contributed by atoms with Crippen LogP contribution in [0.3, 0.4) is 0 Å². The fraction of sp³-hybridized carbons (Fsp3) is 0.385. The van der Waals surface area contributed by atoms with Gasteiger partial charge in [0.2, 0.25) is 0 Å². The minimum absolute atomic E-state index is 0.671. The molecule has 0 bridgehead atoms. The number of benzene rings is 1. The Morgan fingerprint density at radius 3 is 2.25 bits per heavy atom. The minimum Gasteiger partial charge on any atom is -0.357 e. The van der Waals surface area contributed by atoms with Crippen LogP contribution in [0.5, 0.6) is 0 Å². The van der Waals surface area contributed by atoms with Crippen LogP contribution in [0.15, 0.2) is 58.6 Å². The Morgan fingerprint density at radius 2 is 1.66 bits per heavy atom. The van der Waals surface area contributed by atoms with E-state index < -0.39 is 0 Å². The Hall–Kier alpha value is -3.28. The van der Waals surface area contributed by atoms with Crippen molar-refractivity contribution in [3.63, 3.8) is 0 Å². The Bertz CT molecular complexity index is 1090. The van der Waals surface area contributed by atoms with Gasteiger partial charge in [0.1, 0.15) is 11.5 Å². The number of anilines is 1. The maximum absolute atomic E-state index is 5.07. The summed E-state index contributed by atoms with van der Waals surface area (Å²) in [4.78, 5) is 16.9. The first-order chi connectivity index (χ1) is 15.5. The molecule has 0 saturated heterocycles. The fourth-order valence-corrected chi connectivity index (χ4v) is 3.73. The molecule has 0 saturated carbocycles. The van der Waals surface area contributed by atoms with E-state index in [1.165, 1.54) is 11.1 Å². The molecule has 2 heterocycles. The number of allylic oxidation sites excluding steroid dienone is 2. The van der Waals surface area contributed by atoms with E-state index in [0.717, 1.165) is 54.4 Å². The highest BCUT2D eigenvalue weighted by molar-refractivity contribution is 6.12. The number of H-pyrrole nitrogens is 1. The van der Waals surface area contributed by atoms with E-state index >= 15 is 0 Å². The monoisotopic (exact) mass is 430 g/mol. The number of hydrogen-bond donors (Lipinski definition) is 1. The van der Waals surface area contributed by atoms with E-state index in [-0.39, 0.29) is 0 Å². The zero-order valence-electron chi connectivity index (χ0n) is 20.1. The maximum atomic E-state index is 5.07. The first-order valence-corrected chi connectivity index (χ1v) is 11.5. The number of aryl methyl sites for hydroxylation is 1. The molecule has 0 aliphatic carbocycles. The van der Waals surface area contributed by atoms with Gasteiger partial charge in [-0.25, -0.2) is 15.0 Å². The van der Waals surface area contributed by atoms with Crippen molar-refractivity contribution in [3.8, 4) is 11.4 Å².